The molecule has 5 nitrogen and oxygen atoms in total. The van der Waals surface area contributed by atoms with Crippen molar-refractivity contribution in [3.8, 4) is 0 Å². The zero-order chi connectivity index (χ0) is 15.5. The molecule has 21 heavy (non-hydrogen) atoms. The molecule has 0 amide bonds. The van der Waals surface area contributed by atoms with E-state index in [4.69, 9.17) is 11.6 Å². The van der Waals surface area contributed by atoms with Crippen molar-refractivity contribution in [1.29, 1.82) is 0 Å². The second kappa shape index (κ2) is 6.49. The molecule has 1 aromatic carbocycles. The molecule has 7 heteroatoms. The normalized spacial score (nSPS) is 11.8. The van der Waals surface area contributed by atoms with Gasteiger partial charge in [-0.05, 0) is 30.0 Å². The molecule has 0 bridgehead atoms. The van der Waals surface area contributed by atoms with Crippen LogP contribution >= 0.6 is 11.6 Å². The SMILES string of the molecule is CC(C)c1cc(NS(=O)(=O)c2ccc(CCCl)cc2)n[nH]1. The number of aromatic nitrogens is 2. The number of H-pyrrole nitrogens is 1. The highest BCUT2D eigenvalue weighted by Crippen LogP contribution is 2.19. The lowest BCUT2D eigenvalue weighted by molar-refractivity contribution is 0.601. The summed E-state index contributed by atoms with van der Waals surface area (Å²) < 4.78 is 27.0. The quantitative estimate of drug-likeness (QED) is 0.800. The van der Waals surface area contributed by atoms with Crippen LogP contribution in [-0.2, 0) is 16.4 Å². The Kier molecular flexibility index (Phi) is 4.90. The number of nitrogens with zero attached hydrogens (tertiary/aromatic N) is 1. The molecule has 2 rings (SSSR count). The number of sulfonamides is 1. The fourth-order valence-electron chi connectivity index (χ4n) is 1.83. The molecule has 0 unspecified atom stereocenters. The Labute approximate surface area is 129 Å². The summed E-state index contributed by atoms with van der Waals surface area (Å²) >= 11 is 5.66. The Morgan fingerprint density at radius 2 is 1.95 bits per heavy atom. The zero-order valence-electron chi connectivity index (χ0n) is 11.9. The molecule has 0 aliphatic rings. The third kappa shape index (κ3) is 3.98. The van der Waals surface area contributed by atoms with Crippen molar-refractivity contribution in [2.75, 3.05) is 10.6 Å². The molecule has 0 saturated heterocycles. The predicted molar refractivity (Wildman–Crippen MR) is 84.4 cm³/mol. The molecule has 2 aromatic rings. The maximum absolute atomic E-state index is 12.3. The minimum absolute atomic E-state index is 0.204. The van der Waals surface area contributed by atoms with E-state index in [1.54, 1.807) is 30.3 Å². The summed E-state index contributed by atoms with van der Waals surface area (Å²) in [5, 5.41) is 6.78. The van der Waals surface area contributed by atoms with Crippen LogP contribution in [0.15, 0.2) is 35.2 Å². The van der Waals surface area contributed by atoms with Gasteiger partial charge < -0.3 is 0 Å². The van der Waals surface area contributed by atoms with Crippen LogP contribution in [0.2, 0.25) is 0 Å². The first-order chi connectivity index (χ1) is 9.92. The smallest absolute Gasteiger partial charge is 0.263 e. The minimum Gasteiger partial charge on any atom is -0.280 e. The van der Waals surface area contributed by atoms with E-state index >= 15 is 0 Å². The highest BCUT2D eigenvalue weighted by molar-refractivity contribution is 7.92. The average Bonchev–Trinajstić information content (AvgIpc) is 2.88. The second-order valence-corrected chi connectivity index (χ2v) is 7.11. The van der Waals surface area contributed by atoms with Gasteiger partial charge in [-0.1, -0.05) is 26.0 Å². The van der Waals surface area contributed by atoms with E-state index in [2.05, 4.69) is 14.9 Å². The van der Waals surface area contributed by atoms with Gasteiger partial charge in [0.25, 0.3) is 10.0 Å². The fourth-order valence-corrected chi connectivity index (χ4v) is 3.04. The summed E-state index contributed by atoms with van der Waals surface area (Å²) in [6.45, 7) is 4.00. The molecule has 0 aliphatic heterocycles. The van der Waals surface area contributed by atoms with Crippen molar-refractivity contribution in [3.05, 3.63) is 41.6 Å². The van der Waals surface area contributed by atoms with E-state index in [0.717, 1.165) is 11.3 Å². The van der Waals surface area contributed by atoms with Crippen molar-refractivity contribution in [2.24, 2.45) is 0 Å². The van der Waals surface area contributed by atoms with Gasteiger partial charge in [0.15, 0.2) is 5.82 Å². The molecule has 0 saturated carbocycles. The largest absolute Gasteiger partial charge is 0.280 e. The molecule has 1 heterocycles. The third-order valence-corrected chi connectivity index (χ3v) is 4.64. The molecule has 2 N–H and O–H groups in total. The lowest BCUT2D eigenvalue weighted by Gasteiger charge is -2.06. The van der Waals surface area contributed by atoms with Gasteiger partial charge in [-0.25, -0.2) is 8.42 Å². The van der Waals surface area contributed by atoms with Crippen molar-refractivity contribution in [3.63, 3.8) is 0 Å². The molecule has 1 aromatic heterocycles. The first-order valence-electron chi connectivity index (χ1n) is 6.65. The van der Waals surface area contributed by atoms with Crippen LogP contribution in [0.5, 0.6) is 0 Å². The number of aryl methyl sites for hydroxylation is 1. The molecule has 0 atom stereocenters. The van der Waals surface area contributed by atoms with Gasteiger partial charge in [0.2, 0.25) is 0 Å². The maximum Gasteiger partial charge on any atom is 0.263 e. The molecule has 0 fully saturated rings. The van der Waals surface area contributed by atoms with E-state index in [1.807, 2.05) is 13.8 Å². The van der Waals surface area contributed by atoms with E-state index in [0.29, 0.717) is 18.1 Å². The van der Waals surface area contributed by atoms with Gasteiger partial charge >= 0.3 is 0 Å². The number of halogens is 1. The highest BCUT2D eigenvalue weighted by Gasteiger charge is 2.16. The summed E-state index contributed by atoms with van der Waals surface area (Å²) in [5.74, 6) is 1.06. The summed E-state index contributed by atoms with van der Waals surface area (Å²) in [6, 6.07) is 8.37. The first kappa shape index (κ1) is 15.9. The van der Waals surface area contributed by atoms with E-state index in [-0.39, 0.29) is 10.8 Å². The molecule has 0 radical (unpaired) electrons. The number of alkyl halides is 1. The first-order valence-corrected chi connectivity index (χ1v) is 8.67. The van der Waals surface area contributed by atoms with Gasteiger partial charge in [-0.3, -0.25) is 9.82 Å². The second-order valence-electron chi connectivity index (χ2n) is 5.05. The Hall–Kier alpha value is -1.53. The summed E-state index contributed by atoms with van der Waals surface area (Å²) in [7, 11) is -3.62. The van der Waals surface area contributed by atoms with Gasteiger partial charge in [0, 0.05) is 17.6 Å². The topological polar surface area (TPSA) is 74.8 Å². The number of rotatable bonds is 6. The molecule has 0 aliphatic carbocycles. The lowest BCUT2D eigenvalue weighted by atomic mass is 10.1. The highest BCUT2D eigenvalue weighted by atomic mass is 35.5. The molecule has 0 spiro atoms. The Morgan fingerprint density at radius 1 is 1.29 bits per heavy atom. The zero-order valence-corrected chi connectivity index (χ0v) is 13.5. The number of hydrogen-bond donors (Lipinski definition) is 2. The monoisotopic (exact) mass is 327 g/mol. The fraction of sp³-hybridized carbons (Fsp3) is 0.357. The standard InChI is InChI=1S/C14H18ClN3O2S/c1-10(2)13-9-14(17-16-13)18-21(19,20)12-5-3-11(4-6-12)7-8-15/h3-6,9-10H,7-8H2,1-2H3,(H2,16,17,18). The van der Waals surface area contributed by atoms with Gasteiger partial charge in [0.05, 0.1) is 4.90 Å². The van der Waals surface area contributed by atoms with Crippen LogP contribution < -0.4 is 4.72 Å². The Balaban J connectivity index is 2.17. The lowest BCUT2D eigenvalue weighted by Crippen LogP contribution is -2.13. The summed E-state index contributed by atoms with van der Waals surface area (Å²) in [6.07, 6.45) is 0.715. The van der Waals surface area contributed by atoms with Crippen LogP contribution in [0.25, 0.3) is 0 Å². The van der Waals surface area contributed by atoms with Crippen LogP contribution in [0.3, 0.4) is 0 Å². The summed E-state index contributed by atoms with van der Waals surface area (Å²) in [5.41, 5.74) is 1.89. The van der Waals surface area contributed by atoms with Crippen molar-refractivity contribution in [2.45, 2.75) is 31.1 Å². The van der Waals surface area contributed by atoms with E-state index < -0.39 is 10.0 Å². The summed E-state index contributed by atoms with van der Waals surface area (Å²) in [4.78, 5) is 0.204. The van der Waals surface area contributed by atoms with E-state index in [1.165, 1.54) is 0 Å². The van der Waals surface area contributed by atoms with Crippen LogP contribution in [0.1, 0.15) is 31.0 Å². The molecular formula is C14H18ClN3O2S. The van der Waals surface area contributed by atoms with Crippen molar-refractivity contribution in [1.82, 2.24) is 10.2 Å². The number of benzene rings is 1. The number of nitrogens with one attached hydrogen (secondary N) is 2. The number of aromatic amines is 1. The number of anilines is 1. The average molecular weight is 328 g/mol. The van der Waals surface area contributed by atoms with Crippen LogP contribution in [-0.4, -0.2) is 24.5 Å². The number of hydrogen-bond acceptors (Lipinski definition) is 3. The predicted octanol–water partition coefficient (Wildman–Crippen LogP) is 3.12. The minimum atomic E-state index is -3.62. The van der Waals surface area contributed by atoms with Crippen LogP contribution in [0, 0.1) is 0 Å². The van der Waals surface area contributed by atoms with Crippen molar-refractivity contribution < 1.29 is 8.42 Å². The van der Waals surface area contributed by atoms with Gasteiger partial charge in [-0.2, -0.15) is 5.10 Å². The van der Waals surface area contributed by atoms with Crippen LogP contribution in [0.4, 0.5) is 5.82 Å². The molecular weight excluding hydrogens is 310 g/mol. The Morgan fingerprint density at radius 3 is 2.48 bits per heavy atom. The maximum atomic E-state index is 12.3. The third-order valence-electron chi connectivity index (χ3n) is 3.08. The van der Waals surface area contributed by atoms with Gasteiger partial charge in [-0.15, -0.1) is 11.6 Å². The van der Waals surface area contributed by atoms with Crippen molar-refractivity contribution >= 4 is 27.4 Å². The van der Waals surface area contributed by atoms with E-state index in [9.17, 15) is 8.42 Å². The van der Waals surface area contributed by atoms with Gasteiger partial charge in [0.1, 0.15) is 0 Å². The Bertz CT molecular complexity index is 693. The molecule has 114 valence electrons.